The van der Waals surface area contributed by atoms with Crippen molar-refractivity contribution >= 4 is 17.8 Å². The van der Waals surface area contributed by atoms with Gasteiger partial charge in [-0.25, -0.2) is 4.79 Å². The van der Waals surface area contributed by atoms with Gasteiger partial charge < -0.3 is 19.9 Å². The largest absolute Gasteiger partial charge is 0.373 e. The van der Waals surface area contributed by atoms with Crippen molar-refractivity contribution < 1.29 is 9.53 Å². The van der Waals surface area contributed by atoms with Gasteiger partial charge in [-0.15, -0.1) is 0 Å². The predicted molar refractivity (Wildman–Crippen MR) is 87.9 cm³/mol. The van der Waals surface area contributed by atoms with Crippen molar-refractivity contribution in [2.45, 2.75) is 31.9 Å². The van der Waals surface area contributed by atoms with Gasteiger partial charge in [0, 0.05) is 38.0 Å². The molecule has 6 heteroatoms. The molecule has 2 unspecified atom stereocenters. The summed E-state index contributed by atoms with van der Waals surface area (Å²) in [6.07, 6.45) is 4.95. The Hall–Kier alpha value is -0.460. The number of carbonyl (C=O) groups excluding carboxylic acids is 1. The minimum absolute atomic E-state index is 0.0506. The van der Waals surface area contributed by atoms with Gasteiger partial charge in [-0.1, -0.05) is 0 Å². The molecule has 1 heterocycles. The summed E-state index contributed by atoms with van der Waals surface area (Å²) in [6, 6.07) is 0.265. The molecule has 2 aliphatic rings. The highest BCUT2D eigenvalue weighted by Gasteiger charge is 2.28. The van der Waals surface area contributed by atoms with Gasteiger partial charge in [0.25, 0.3) is 0 Å². The minimum atomic E-state index is 0.0506. The summed E-state index contributed by atoms with van der Waals surface area (Å²) in [4.78, 5) is 16.5. The van der Waals surface area contributed by atoms with Crippen LogP contribution in [0, 0.1) is 5.92 Å². The van der Waals surface area contributed by atoms with Crippen LogP contribution in [0.5, 0.6) is 0 Å². The standard InChI is InChI=1S/C15H29N3O2S/c1-12(11-21-3)16-15(19)18-6-7-20-14(10-18)9-17(2)8-13-4-5-13/h12-14H,4-11H2,1-3H3,(H,16,19). The van der Waals surface area contributed by atoms with Crippen LogP contribution < -0.4 is 5.32 Å². The highest BCUT2D eigenvalue weighted by Crippen LogP contribution is 2.29. The summed E-state index contributed by atoms with van der Waals surface area (Å²) in [6.45, 7) is 6.17. The summed E-state index contributed by atoms with van der Waals surface area (Å²) in [5.74, 6) is 1.84. The maximum absolute atomic E-state index is 12.2. The average Bonchev–Trinajstić information content (AvgIpc) is 3.23. The van der Waals surface area contributed by atoms with E-state index >= 15 is 0 Å². The van der Waals surface area contributed by atoms with Crippen molar-refractivity contribution in [2.75, 3.05) is 51.8 Å². The van der Waals surface area contributed by atoms with Crippen LogP contribution in [0.4, 0.5) is 4.79 Å². The molecule has 21 heavy (non-hydrogen) atoms. The van der Waals surface area contributed by atoms with Gasteiger partial charge in [0.15, 0.2) is 0 Å². The maximum atomic E-state index is 12.2. The number of nitrogens with zero attached hydrogens (tertiary/aromatic N) is 2. The molecule has 1 saturated carbocycles. The van der Waals surface area contributed by atoms with Crippen LogP contribution in [0.15, 0.2) is 0 Å². The average molecular weight is 315 g/mol. The first kappa shape index (κ1) is 16.9. The number of thioether (sulfide) groups is 1. The van der Waals surface area contributed by atoms with E-state index in [1.165, 1.54) is 12.8 Å². The number of ether oxygens (including phenoxy) is 1. The molecular formula is C15H29N3O2S. The molecule has 0 spiro atoms. The first-order valence-electron chi connectivity index (χ1n) is 7.93. The van der Waals surface area contributed by atoms with Crippen LogP contribution in [-0.2, 0) is 4.74 Å². The lowest BCUT2D eigenvalue weighted by molar-refractivity contribution is -0.0279. The molecular weight excluding hydrogens is 286 g/mol. The second-order valence-corrected chi connectivity index (χ2v) is 7.32. The third kappa shape index (κ3) is 6.04. The van der Waals surface area contributed by atoms with Crippen LogP contribution >= 0.6 is 11.8 Å². The molecule has 1 N–H and O–H groups in total. The minimum Gasteiger partial charge on any atom is -0.373 e. The van der Waals surface area contributed by atoms with Gasteiger partial charge >= 0.3 is 6.03 Å². The highest BCUT2D eigenvalue weighted by molar-refractivity contribution is 7.98. The monoisotopic (exact) mass is 315 g/mol. The smallest absolute Gasteiger partial charge is 0.317 e. The van der Waals surface area contributed by atoms with Crippen molar-refractivity contribution in [2.24, 2.45) is 5.92 Å². The third-order valence-electron chi connectivity index (χ3n) is 3.99. The van der Waals surface area contributed by atoms with Crippen LogP contribution in [0.3, 0.4) is 0 Å². The molecule has 0 bridgehead atoms. The summed E-state index contributed by atoms with van der Waals surface area (Å²) in [5, 5.41) is 3.06. The van der Waals surface area contributed by atoms with E-state index < -0.39 is 0 Å². The molecule has 0 aromatic rings. The molecule has 0 aromatic heterocycles. The SMILES string of the molecule is CSCC(C)NC(=O)N1CCOC(CN(C)CC2CC2)C1. The van der Waals surface area contributed by atoms with E-state index in [2.05, 4.69) is 30.4 Å². The van der Waals surface area contributed by atoms with Gasteiger partial charge in [-0.05, 0) is 39.0 Å². The Bertz CT molecular complexity index is 339. The first-order valence-corrected chi connectivity index (χ1v) is 9.32. The molecule has 2 rings (SSSR count). The first-order chi connectivity index (χ1) is 10.1. The number of morpholine rings is 1. The van der Waals surface area contributed by atoms with Gasteiger partial charge in [0.2, 0.25) is 0 Å². The van der Waals surface area contributed by atoms with Gasteiger partial charge in [-0.3, -0.25) is 0 Å². The van der Waals surface area contributed by atoms with E-state index in [1.54, 1.807) is 11.8 Å². The summed E-state index contributed by atoms with van der Waals surface area (Å²) in [5.41, 5.74) is 0. The third-order valence-corrected chi connectivity index (χ3v) is 4.83. The van der Waals surface area contributed by atoms with Crippen LogP contribution in [0.1, 0.15) is 19.8 Å². The summed E-state index contributed by atoms with van der Waals surface area (Å²) >= 11 is 1.75. The fourth-order valence-electron chi connectivity index (χ4n) is 2.77. The van der Waals surface area contributed by atoms with Crippen LogP contribution in [0.2, 0.25) is 0 Å². The summed E-state index contributed by atoms with van der Waals surface area (Å²) < 4.78 is 5.82. The number of rotatable bonds is 7. The molecule has 2 amide bonds. The Kier molecular flexibility index (Phi) is 6.64. The van der Waals surface area contributed by atoms with Crippen molar-refractivity contribution in [1.29, 1.82) is 0 Å². The Morgan fingerprint density at radius 2 is 2.24 bits per heavy atom. The molecule has 5 nitrogen and oxygen atoms in total. The van der Waals surface area contributed by atoms with Crippen molar-refractivity contribution in [3.63, 3.8) is 0 Å². The van der Waals surface area contributed by atoms with Crippen LogP contribution in [-0.4, -0.2) is 79.8 Å². The van der Waals surface area contributed by atoms with E-state index in [9.17, 15) is 4.79 Å². The molecule has 122 valence electrons. The molecule has 2 atom stereocenters. The Morgan fingerprint density at radius 1 is 1.48 bits per heavy atom. The number of likely N-dealkylation sites (N-methyl/N-ethyl adjacent to an activating group) is 1. The molecule has 2 fully saturated rings. The lowest BCUT2D eigenvalue weighted by Crippen LogP contribution is -2.53. The van der Waals surface area contributed by atoms with Crippen molar-refractivity contribution in [3.8, 4) is 0 Å². The molecule has 0 aromatic carbocycles. The molecule has 1 aliphatic heterocycles. The van der Waals surface area contributed by atoms with Gasteiger partial charge in [-0.2, -0.15) is 11.8 Å². The zero-order chi connectivity index (χ0) is 15.2. The van der Waals surface area contributed by atoms with E-state index in [1.807, 2.05) is 4.90 Å². The quantitative estimate of drug-likeness (QED) is 0.773. The number of amides is 2. The number of urea groups is 1. The zero-order valence-corrected chi connectivity index (χ0v) is 14.3. The van der Waals surface area contributed by atoms with Crippen LogP contribution in [0.25, 0.3) is 0 Å². The Labute approximate surface area is 132 Å². The van der Waals surface area contributed by atoms with E-state index in [-0.39, 0.29) is 18.2 Å². The molecule has 0 radical (unpaired) electrons. The fraction of sp³-hybridized carbons (Fsp3) is 0.933. The normalized spacial score (nSPS) is 24.2. The van der Waals surface area contributed by atoms with E-state index in [0.29, 0.717) is 19.7 Å². The van der Waals surface area contributed by atoms with Gasteiger partial charge in [0.1, 0.15) is 0 Å². The second-order valence-electron chi connectivity index (χ2n) is 6.41. The highest BCUT2D eigenvalue weighted by atomic mass is 32.2. The Balaban J connectivity index is 1.72. The number of hydrogen-bond acceptors (Lipinski definition) is 4. The summed E-state index contributed by atoms with van der Waals surface area (Å²) in [7, 11) is 2.15. The topological polar surface area (TPSA) is 44.8 Å². The number of carbonyl (C=O) groups is 1. The number of hydrogen-bond donors (Lipinski definition) is 1. The zero-order valence-electron chi connectivity index (χ0n) is 13.5. The molecule has 1 aliphatic carbocycles. The Morgan fingerprint density at radius 3 is 2.90 bits per heavy atom. The maximum Gasteiger partial charge on any atom is 0.317 e. The predicted octanol–water partition coefficient (Wildman–Crippen LogP) is 1.49. The van der Waals surface area contributed by atoms with Gasteiger partial charge in [0.05, 0.1) is 12.7 Å². The number of nitrogens with one attached hydrogen (secondary N) is 1. The lowest BCUT2D eigenvalue weighted by Gasteiger charge is -2.35. The van der Waals surface area contributed by atoms with E-state index in [0.717, 1.165) is 24.8 Å². The molecule has 1 saturated heterocycles. The van der Waals surface area contributed by atoms with Crippen molar-refractivity contribution in [1.82, 2.24) is 15.1 Å². The van der Waals surface area contributed by atoms with Crippen molar-refractivity contribution in [3.05, 3.63) is 0 Å². The second kappa shape index (κ2) is 8.25. The lowest BCUT2D eigenvalue weighted by atomic mass is 10.2. The fourth-order valence-corrected chi connectivity index (χ4v) is 3.35. The van der Waals surface area contributed by atoms with E-state index in [4.69, 9.17) is 4.74 Å².